The summed E-state index contributed by atoms with van der Waals surface area (Å²) in [5, 5.41) is 23.6. The number of nitrogens with one attached hydrogen (secondary N) is 1. The molecule has 0 aromatic carbocycles. The van der Waals surface area contributed by atoms with E-state index < -0.39 is 132 Å². The fourth-order valence-corrected chi connectivity index (χ4v) is 13.3. The molecule has 6 aliphatic carbocycles. The minimum Gasteiger partial charge on any atom is -0.481 e. The Kier molecular flexibility index (Phi) is 9.42. The van der Waals surface area contributed by atoms with Crippen LogP contribution in [-0.2, 0) is 43.2 Å². The Hall–Kier alpha value is -3.87. The number of hydrogen-bond acceptors (Lipinski definition) is 10. The number of hydrogen-bond donors (Lipinski definition) is 3. The molecule has 1 saturated heterocycles. The monoisotopic (exact) mass is 809 g/mol. The molecular formula is C42H45Cl2NO11. The molecule has 7 aliphatic rings. The third-order valence-corrected chi connectivity index (χ3v) is 15.6. The van der Waals surface area contributed by atoms with Gasteiger partial charge in [-0.25, -0.2) is 0 Å². The van der Waals surface area contributed by atoms with Crippen molar-refractivity contribution in [1.82, 2.24) is 5.32 Å². The van der Waals surface area contributed by atoms with Gasteiger partial charge in [0.1, 0.15) is 21.8 Å². The van der Waals surface area contributed by atoms with Gasteiger partial charge in [-0.2, -0.15) is 0 Å². The number of carbonyl (C=O) groups is 9. The highest BCUT2D eigenvalue weighted by atomic mass is 35.5. The Morgan fingerprint density at radius 2 is 1.55 bits per heavy atom. The molecule has 1 heterocycles. The third-order valence-electron chi connectivity index (χ3n) is 14.8. The first kappa shape index (κ1) is 40.3. The highest BCUT2D eigenvalue weighted by Gasteiger charge is 3.05. The van der Waals surface area contributed by atoms with Crippen LogP contribution in [-0.4, -0.2) is 68.3 Å². The maximum atomic E-state index is 15.9. The second-order valence-corrected chi connectivity index (χ2v) is 17.8. The molecule has 56 heavy (non-hydrogen) atoms. The van der Waals surface area contributed by atoms with E-state index in [4.69, 9.17) is 23.2 Å². The predicted octanol–water partition coefficient (Wildman–Crippen LogP) is 4.53. The first-order valence-electron chi connectivity index (χ1n) is 19.5. The lowest BCUT2D eigenvalue weighted by Gasteiger charge is -2.39. The van der Waals surface area contributed by atoms with Gasteiger partial charge in [0.2, 0.25) is 11.8 Å². The number of Topliss-reactive ketones (excluding diaryl/α,β-unsaturated/α-hetero) is 5. The average Bonchev–Trinajstić information content (AvgIpc) is 3.76. The van der Waals surface area contributed by atoms with Crippen molar-refractivity contribution in [1.29, 1.82) is 0 Å². The van der Waals surface area contributed by atoms with Gasteiger partial charge >= 0.3 is 5.97 Å². The molecule has 14 heteroatoms. The molecule has 0 bridgehead atoms. The predicted molar refractivity (Wildman–Crippen MR) is 199 cm³/mol. The summed E-state index contributed by atoms with van der Waals surface area (Å²) < 4.78 is 0. The number of aliphatic carboxylic acids is 1. The summed E-state index contributed by atoms with van der Waals surface area (Å²) in [7, 11) is 0. The van der Waals surface area contributed by atoms with Crippen molar-refractivity contribution in [2.45, 2.75) is 91.6 Å². The summed E-state index contributed by atoms with van der Waals surface area (Å²) in [6.07, 6.45) is 7.03. The van der Waals surface area contributed by atoms with Crippen LogP contribution in [0.3, 0.4) is 0 Å². The molecule has 298 valence electrons. The molecule has 3 N–H and O–H groups in total. The number of ketones is 6. The molecule has 5 fully saturated rings. The van der Waals surface area contributed by atoms with Crippen molar-refractivity contribution in [3.8, 4) is 0 Å². The largest absolute Gasteiger partial charge is 0.481 e. The lowest BCUT2D eigenvalue weighted by atomic mass is 9.63. The lowest BCUT2D eigenvalue weighted by molar-refractivity contribution is -0.155. The van der Waals surface area contributed by atoms with E-state index >= 15 is 14.4 Å². The average molecular weight is 811 g/mol. The Morgan fingerprint density at radius 1 is 0.875 bits per heavy atom. The van der Waals surface area contributed by atoms with Crippen molar-refractivity contribution >= 4 is 75.7 Å². The zero-order valence-corrected chi connectivity index (χ0v) is 33.3. The number of unbranched alkanes of at least 4 members (excludes halogenated alkanes) is 3. The number of rotatable bonds is 12. The molecule has 0 aromatic rings. The molecule has 12 atom stereocenters. The zero-order chi connectivity index (χ0) is 41.2. The SMILES string of the molecule is C/C=C/C(=O)[C@@]1(O)C[C@@H]2C[C@H](C(=O)O)C[C@H](C)[C@H]2[C@@H]1C(=O)[C@]12C(=O)NC(=O)[C@@]1(CCCCCC)[C@]21C(=O)C(Cl)=C([C@H]2[C@H](C)[C@]23C(=O)C(Cl)=C(/C=C/C)C3=O)C1=O. The van der Waals surface area contributed by atoms with Crippen LogP contribution < -0.4 is 5.32 Å². The molecule has 2 amide bonds. The normalized spacial score (nSPS) is 42.6. The summed E-state index contributed by atoms with van der Waals surface area (Å²) in [6.45, 7) is 8.33. The molecular weight excluding hydrogens is 765 g/mol. The van der Waals surface area contributed by atoms with Crippen molar-refractivity contribution in [3.05, 3.63) is 45.5 Å². The number of amides is 2. The number of carboxylic acids is 1. The number of halogens is 2. The van der Waals surface area contributed by atoms with Gasteiger partial charge in [0.25, 0.3) is 0 Å². The molecule has 1 aliphatic heterocycles. The van der Waals surface area contributed by atoms with Crippen molar-refractivity contribution < 1.29 is 53.4 Å². The van der Waals surface area contributed by atoms with E-state index in [0.717, 1.165) is 12.5 Å². The van der Waals surface area contributed by atoms with Gasteiger partial charge < -0.3 is 10.2 Å². The van der Waals surface area contributed by atoms with E-state index in [0.29, 0.717) is 12.8 Å². The number of piperidine rings is 1. The van der Waals surface area contributed by atoms with Crippen molar-refractivity contribution in [3.63, 3.8) is 0 Å². The van der Waals surface area contributed by atoms with E-state index in [-0.39, 0.29) is 42.7 Å². The maximum Gasteiger partial charge on any atom is 0.306 e. The number of aliphatic hydroxyl groups is 1. The van der Waals surface area contributed by atoms with E-state index in [2.05, 4.69) is 5.32 Å². The Labute approximate surface area is 333 Å². The number of allylic oxidation sites excluding steroid dienone is 7. The van der Waals surface area contributed by atoms with Crippen LogP contribution in [0.4, 0.5) is 0 Å². The highest BCUT2D eigenvalue weighted by Crippen LogP contribution is 2.88. The highest BCUT2D eigenvalue weighted by molar-refractivity contribution is 6.57. The second-order valence-electron chi connectivity index (χ2n) is 17.1. The van der Waals surface area contributed by atoms with E-state index in [9.17, 15) is 39.0 Å². The molecule has 0 radical (unpaired) electrons. The Balaban J connectivity index is 1.41. The standard InChI is InChI=1S/C42H45Cl2NO11/c1-6-9-10-11-14-39-36(54)45-37(55)42(39,32(49)27-24-18(4)15-20(35(52)53)16-21(24)17-38(27,56)23(46)13-8-3)41(39)31(48)25(29(44)34(41)51)26-19(5)40(26)30(47)22(12-7-2)28(43)33(40)50/h7-8,12-13,18-21,24,26-27,56H,6,9-11,14-17H2,1-5H3,(H,52,53)(H,45,54,55)/b12-7+,13-8+/t18-,19-,20+,21-,24+,26+,27+,38-,39-,40-,41-,42-/m0/s1. The van der Waals surface area contributed by atoms with E-state index in [1.165, 1.54) is 32.1 Å². The molecule has 4 saturated carbocycles. The van der Waals surface area contributed by atoms with Crippen LogP contribution in [0.5, 0.6) is 0 Å². The second kappa shape index (κ2) is 13.1. The zero-order valence-electron chi connectivity index (χ0n) is 31.8. The van der Waals surface area contributed by atoms with Gasteiger partial charge in [0.15, 0.2) is 34.7 Å². The van der Waals surface area contributed by atoms with Crippen LogP contribution >= 0.6 is 23.2 Å². The number of carboxylic acid groups (broad SMARTS) is 1. The van der Waals surface area contributed by atoms with Gasteiger partial charge in [-0.3, -0.25) is 48.5 Å². The minimum absolute atomic E-state index is 0.0237. The summed E-state index contributed by atoms with van der Waals surface area (Å²) in [5.41, 5.74) is -12.6. The molecule has 7 rings (SSSR count). The minimum atomic E-state index is -2.74. The Morgan fingerprint density at radius 3 is 2.16 bits per heavy atom. The van der Waals surface area contributed by atoms with Gasteiger partial charge in [-0.1, -0.05) is 87.9 Å². The van der Waals surface area contributed by atoms with Crippen LogP contribution in [0.2, 0.25) is 0 Å². The van der Waals surface area contributed by atoms with Gasteiger partial charge in [-0.15, -0.1) is 0 Å². The first-order valence-corrected chi connectivity index (χ1v) is 20.2. The van der Waals surface area contributed by atoms with Crippen molar-refractivity contribution in [2.24, 2.45) is 63.1 Å². The first-order chi connectivity index (χ1) is 26.3. The van der Waals surface area contributed by atoms with E-state index in [1.807, 2.05) is 6.92 Å². The summed E-state index contributed by atoms with van der Waals surface area (Å²) >= 11 is 13.2. The smallest absolute Gasteiger partial charge is 0.306 e. The molecule has 0 aromatic heterocycles. The van der Waals surface area contributed by atoms with Crippen LogP contribution in [0, 0.1) is 63.1 Å². The fraction of sp³-hybridized carbons (Fsp3) is 0.595. The summed E-state index contributed by atoms with van der Waals surface area (Å²) in [5.74, 6) is -15.8. The number of carbonyl (C=O) groups excluding carboxylic acids is 8. The van der Waals surface area contributed by atoms with Crippen LogP contribution in [0.25, 0.3) is 0 Å². The number of fused-ring (bicyclic) bond motifs is 4. The maximum absolute atomic E-state index is 15.9. The van der Waals surface area contributed by atoms with Gasteiger partial charge in [0.05, 0.1) is 27.3 Å². The summed E-state index contributed by atoms with van der Waals surface area (Å²) in [6, 6.07) is 0. The summed E-state index contributed by atoms with van der Waals surface area (Å²) in [4.78, 5) is 129. The quantitative estimate of drug-likeness (QED) is 0.108. The van der Waals surface area contributed by atoms with Gasteiger partial charge in [-0.05, 0) is 69.3 Å². The topological polar surface area (TPSA) is 206 Å². The van der Waals surface area contributed by atoms with Crippen LogP contribution in [0.15, 0.2) is 45.5 Å². The Bertz CT molecular complexity index is 2100. The molecule has 12 nitrogen and oxygen atoms in total. The van der Waals surface area contributed by atoms with Crippen LogP contribution in [0.1, 0.15) is 86.0 Å². The molecule has 2 spiro atoms. The van der Waals surface area contributed by atoms with Gasteiger partial charge in [0, 0.05) is 17.1 Å². The van der Waals surface area contributed by atoms with Crippen molar-refractivity contribution in [2.75, 3.05) is 0 Å². The fourth-order valence-electron chi connectivity index (χ4n) is 12.7. The third kappa shape index (κ3) is 4.33. The lowest BCUT2D eigenvalue weighted by Crippen LogP contribution is -2.54. The molecule has 0 unspecified atom stereocenters. The number of imide groups is 1. The van der Waals surface area contributed by atoms with E-state index in [1.54, 1.807) is 13.8 Å².